The highest BCUT2D eigenvalue weighted by molar-refractivity contribution is 6.00. The molecular formula is C24H29N9O3. The molecule has 36 heavy (non-hydrogen) atoms. The lowest BCUT2D eigenvalue weighted by Crippen LogP contribution is -2.37. The van der Waals surface area contributed by atoms with E-state index in [2.05, 4.69) is 30.9 Å². The number of ether oxygens (including phenoxy) is 1. The molecule has 1 aliphatic carbocycles. The summed E-state index contributed by atoms with van der Waals surface area (Å²) in [6.45, 7) is 1.93. The predicted octanol–water partition coefficient (Wildman–Crippen LogP) is 2.43. The molecule has 1 saturated carbocycles. The van der Waals surface area contributed by atoms with Gasteiger partial charge in [-0.1, -0.05) is 12.5 Å². The van der Waals surface area contributed by atoms with E-state index in [-0.39, 0.29) is 11.7 Å². The van der Waals surface area contributed by atoms with Gasteiger partial charge in [0.15, 0.2) is 23.1 Å². The summed E-state index contributed by atoms with van der Waals surface area (Å²) < 4.78 is 7.30. The van der Waals surface area contributed by atoms with Crippen molar-refractivity contribution < 1.29 is 14.3 Å². The molecule has 0 atom stereocenters. The zero-order valence-electron chi connectivity index (χ0n) is 20.6. The van der Waals surface area contributed by atoms with Gasteiger partial charge in [-0.2, -0.15) is 5.10 Å². The minimum atomic E-state index is -0.405. The number of urea groups is 1. The van der Waals surface area contributed by atoms with Crippen LogP contribution in [0.5, 0.6) is 5.75 Å². The molecule has 12 heteroatoms. The van der Waals surface area contributed by atoms with E-state index in [0.29, 0.717) is 53.3 Å². The number of hydrogen-bond donors (Lipinski definition) is 2. The first-order chi connectivity index (χ1) is 17.5. The van der Waals surface area contributed by atoms with E-state index in [1.54, 1.807) is 36.1 Å². The zero-order chi connectivity index (χ0) is 25.2. The highest BCUT2D eigenvalue weighted by atomic mass is 16.5. The number of nitrogens with one attached hydrogen (secondary N) is 2. The molecule has 2 aromatic heterocycles. The number of anilines is 3. The maximum absolute atomic E-state index is 13.1. The fourth-order valence-electron chi connectivity index (χ4n) is 4.49. The number of aryl methyl sites for hydroxylation is 1. The SMILES string of the molecule is CNC(=O)c1nnc(N2CCN(CC3CCC3)C2=O)cc1Nc1cccc(-c2ncn(C)n2)c1OC. The number of carbonyl (C=O) groups is 2. The van der Waals surface area contributed by atoms with E-state index in [9.17, 15) is 9.59 Å². The van der Waals surface area contributed by atoms with Crippen LogP contribution in [0.4, 0.5) is 22.0 Å². The third-order valence-corrected chi connectivity index (χ3v) is 6.63. The van der Waals surface area contributed by atoms with E-state index in [4.69, 9.17) is 4.74 Å². The molecule has 12 nitrogen and oxygen atoms in total. The number of hydrogen-bond acceptors (Lipinski definition) is 8. The number of para-hydroxylation sites is 1. The molecule has 2 fully saturated rings. The maximum atomic E-state index is 13.1. The normalized spacial score (nSPS) is 15.7. The molecule has 188 valence electrons. The summed E-state index contributed by atoms with van der Waals surface area (Å²) in [5, 5.41) is 18.6. The number of benzene rings is 1. The second-order valence-corrected chi connectivity index (χ2v) is 8.97. The molecule has 1 aromatic carbocycles. The highest BCUT2D eigenvalue weighted by Crippen LogP contribution is 2.37. The Kier molecular flexibility index (Phi) is 6.40. The van der Waals surface area contributed by atoms with Crippen LogP contribution in [0.25, 0.3) is 11.4 Å². The lowest BCUT2D eigenvalue weighted by atomic mass is 9.85. The Balaban J connectivity index is 1.47. The first-order valence-electron chi connectivity index (χ1n) is 11.9. The standard InChI is InChI=1S/C24H29N9O3/c1-25-23(34)20-18(27-17-9-5-8-16(21(17)36-3)22-26-14-31(2)30-22)12-19(28-29-20)33-11-10-32(24(33)35)13-15-6-4-7-15/h5,8-9,12,14-15H,4,6-7,10-11,13H2,1-3H3,(H,25,34)(H,27,28). The number of rotatable bonds is 8. The molecule has 3 amide bonds. The van der Waals surface area contributed by atoms with Crippen LogP contribution < -0.4 is 20.3 Å². The molecule has 5 rings (SSSR count). The van der Waals surface area contributed by atoms with Gasteiger partial charge < -0.3 is 20.3 Å². The Morgan fingerprint density at radius 2 is 2.03 bits per heavy atom. The monoisotopic (exact) mass is 491 g/mol. The molecule has 0 radical (unpaired) electrons. The van der Waals surface area contributed by atoms with Gasteiger partial charge in [0.05, 0.1) is 24.0 Å². The van der Waals surface area contributed by atoms with Crippen molar-refractivity contribution >= 4 is 29.1 Å². The van der Waals surface area contributed by atoms with Crippen molar-refractivity contribution in [3.8, 4) is 17.1 Å². The van der Waals surface area contributed by atoms with Gasteiger partial charge in [0, 0.05) is 39.8 Å². The molecule has 2 aliphatic rings. The van der Waals surface area contributed by atoms with Crippen LogP contribution in [0, 0.1) is 5.92 Å². The Bertz CT molecular complexity index is 1290. The van der Waals surface area contributed by atoms with Crippen molar-refractivity contribution in [2.75, 3.05) is 44.0 Å². The zero-order valence-corrected chi connectivity index (χ0v) is 20.6. The maximum Gasteiger partial charge on any atom is 0.325 e. The van der Waals surface area contributed by atoms with Gasteiger partial charge in [-0.15, -0.1) is 10.2 Å². The first-order valence-corrected chi connectivity index (χ1v) is 11.9. The number of carbonyl (C=O) groups excluding carboxylic acids is 2. The average molecular weight is 492 g/mol. The third-order valence-electron chi connectivity index (χ3n) is 6.63. The van der Waals surface area contributed by atoms with Gasteiger partial charge in [-0.05, 0) is 30.9 Å². The van der Waals surface area contributed by atoms with Crippen LogP contribution in [0.15, 0.2) is 30.6 Å². The summed E-state index contributed by atoms with van der Waals surface area (Å²) in [5.74, 6) is 1.58. The summed E-state index contributed by atoms with van der Waals surface area (Å²) in [7, 11) is 4.87. The minimum Gasteiger partial charge on any atom is -0.494 e. The molecule has 1 aliphatic heterocycles. The van der Waals surface area contributed by atoms with Gasteiger partial charge in [0.2, 0.25) is 0 Å². The van der Waals surface area contributed by atoms with Crippen molar-refractivity contribution in [2.45, 2.75) is 19.3 Å². The summed E-state index contributed by atoms with van der Waals surface area (Å²) in [5.41, 5.74) is 1.77. The lowest BCUT2D eigenvalue weighted by Gasteiger charge is -2.29. The van der Waals surface area contributed by atoms with E-state index >= 15 is 0 Å². The van der Waals surface area contributed by atoms with Gasteiger partial charge in [-0.3, -0.25) is 14.4 Å². The largest absolute Gasteiger partial charge is 0.494 e. The quantitative estimate of drug-likeness (QED) is 0.491. The van der Waals surface area contributed by atoms with Crippen LogP contribution in [-0.4, -0.2) is 75.6 Å². The topological polar surface area (TPSA) is 130 Å². The van der Waals surface area contributed by atoms with Crippen molar-refractivity contribution in [3.63, 3.8) is 0 Å². The predicted molar refractivity (Wildman–Crippen MR) is 133 cm³/mol. The molecule has 1 saturated heterocycles. The van der Waals surface area contributed by atoms with Crippen LogP contribution in [0.2, 0.25) is 0 Å². The Morgan fingerprint density at radius 1 is 1.19 bits per heavy atom. The van der Waals surface area contributed by atoms with Crippen molar-refractivity contribution in [1.82, 2.24) is 35.2 Å². The number of aromatic nitrogens is 5. The van der Waals surface area contributed by atoms with Crippen LogP contribution in [0.1, 0.15) is 29.8 Å². The fraction of sp³-hybridized carbons (Fsp3) is 0.417. The van der Waals surface area contributed by atoms with Gasteiger partial charge in [0.1, 0.15) is 6.33 Å². The molecule has 0 spiro atoms. The number of methoxy groups -OCH3 is 1. The third kappa shape index (κ3) is 4.41. The molecular weight excluding hydrogens is 462 g/mol. The second kappa shape index (κ2) is 9.80. The highest BCUT2D eigenvalue weighted by Gasteiger charge is 2.34. The summed E-state index contributed by atoms with van der Waals surface area (Å²) in [6, 6.07) is 7.10. The molecule has 2 N–H and O–H groups in total. The second-order valence-electron chi connectivity index (χ2n) is 8.97. The van der Waals surface area contributed by atoms with Crippen LogP contribution in [-0.2, 0) is 7.05 Å². The van der Waals surface area contributed by atoms with E-state index in [0.717, 1.165) is 6.54 Å². The van der Waals surface area contributed by atoms with Gasteiger partial charge in [-0.25, -0.2) is 9.78 Å². The molecule has 3 heterocycles. The summed E-state index contributed by atoms with van der Waals surface area (Å²) in [4.78, 5) is 33.5. The number of amides is 3. The van der Waals surface area contributed by atoms with E-state index in [1.807, 2.05) is 23.1 Å². The van der Waals surface area contributed by atoms with Crippen molar-refractivity contribution in [2.24, 2.45) is 13.0 Å². The lowest BCUT2D eigenvalue weighted by molar-refractivity contribution is 0.0958. The Labute approximate surface area is 208 Å². The minimum absolute atomic E-state index is 0.0874. The van der Waals surface area contributed by atoms with Gasteiger partial charge >= 0.3 is 6.03 Å². The molecule has 0 unspecified atom stereocenters. The van der Waals surface area contributed by atoms with E-state index < -0.39 is 5.91 Å². The Morgan fingerprint density at radius 3 is 2.69 bits per heavy atom. The smallest absolute Gasteiger partial charge is 0.325 e. The van der Waals surface area contributed by atoms with Crippen molar-refractivity contribution in [3.05, 3.63) is 36.3 Å². The Hall–Kier alpha value is -4.22. The van der Waals surface area contributed by atoms with E-state index in [1.165, 1.54) is 26.3 Å². The summed E-state index contributed by atoms with van der Waals surface area (Å²) in [6.07, 6.45) is 5.19. The van der Waals surface area contributed by atoms with Crippen molar-refractivity contribution in [1.29, 1.82) is 0 Å². The first kappa shape index (κ1) is 23.5. The molecule has 0 bridgehead atoms. The number of nitrogens with zero attached hydrogens (tertiary/aromatic N) is 7. The van der Waals surface area contributed by atoms with Crippen LogP contribution in [0.3, 0.4) is 0 Å². The molecule has 3 aromatic rings. The fourth-order valence-corrected chi connectivity index (χ4v) is 4.49. The summed E-state index contributed by atoms with van der Waals surface area (Å²) >= 11 is 0. The average Bonchev–Trinajstić information content (AvgIpc) is 3.46. The van der Waals surface area contributed by atoms with Gasteiger partial charge in [0.25, 0.3) is 5.91 Å². The van der Waals surface area contributed by atoms with Crippen LogP contribution >= 0.6 is 0 Å².